The Hall–Kier alpha value is -1.26. The fourth-order valence-corrected chi connectivity index (χ4v) is 1.38. The van der Waals surface area contributed by atoms with Crippen LogP contribution < -0.4 is 5.73 Å². The van der Waals surface area contributed by atoms with Crippen LogP contribution in [-0.2, 0) is 0 Å². The number of nitrogens with zero attached hydrogens (tertiary/aromatic N) is 1. The molecule has 0 saturated carbocycles. The van der Waals surface area contributed by atoms with Crippen molar-refractivity contribution in [3.05, 3.63) is 28.3 Å². The van der Waals surface area contributed by atoms with E-state index in [1.54, 1.807) is 6.92 Å². The van der Waals surface area contributed by atoms with Crippen molar-refractivity contribution in [1.29, 1.82) is 0 Å². The standard InChI is InChI=1S/C10H10Cl2N2O2/c1-5-7(12)3-2-6(10(15)16)9(5)14-8(13)4-11/h2-3H,4H2,1H3,(H2,13,14)(H,15,16). The molecule has 86 valence electrons. The summed E-state index contributed by atoms with van der Waals surface area (Å²) in [6.07, 6.45) is 0. The first-order valence-corrected chi connectivity index (χ1v) is 5.30. The van der Waals surface area contributed by atoms with Gasteiger partial charge in [-0.1, -0.05) is 11.6 Å². The Kier molecular flexibility index (Phi) is 4.15. The molecule has 0 aromatic heterocycles. The maximum absolute atomic E-state index is 11.0. The topological polar surface area (TPSA) is 75.7 Å². The van der Waals surface area contributed by atoms with Gasteiger partial charge >= 0.3 is 5.97 Å². The van der Waals surface area contributed by atoms with E-state index in [0.717, 1.165) is 0 Å². The summed E-state index contributed by atoms with van der Waals surface area (Å²) < 4.78 is 0. The molecule has 0 fully saturated rings. The molecule has 0 aliphatic heterocycles. The molecule has 0 aliphatic rings. The second kappa shape index (κ2) is 5.18. The van der Waals surface area contributed by atoms with Gasteiger partial charge in [0.15, 0.2) is 0 Å². The second-order valence-electron chi connectivity index (χ2n) is 3.11. The van der Waals surface area contributed by atoms with Crippen LogP contribution in [0.4, 0.5) is 5.69 Å². The van der Waals surface area contributed by atoms with Crippen LogP contribution in [0.3, 0.4) is 0 Å². The third kappa shape index (κ3) is 2.65. The Morgan fingerprint density at radius 1 is 1.56 bits per heavy atom. The second-order valence-corrected chi connectivity index (χ2v) is 3.78. The van der Waals surface area contributed by atoms with Gasteiger partial charge in [0.25, 0.3) is 0 Å². The zero-order valence-electron chi connectivity index (χ0n) is 8.50. The molecular formula is C10H10Cl2N2O2. The first-order chi connectivity index (χ1) is 7.47. The molecule has 6 heteroatoms. The third-order valence-corrected chi connectivity index (χ3v) is 2.67. The van der Waals surface area contributed by atoms with Crippen molar-refractivity contribution in [3.63, 3.8) is 0 Å². The smallest absolute Gasteiger partial charge is 0.337 e. The van der Waals surface area contributed by atoms with Crippen LogP contribution in [0.1, 0.15) is 15.9 Å². The number of benzene rings is 1. The summed E-state index contributed by atoms with van der Waals surface area (Å²) >= 11 is 11.4. The molecule has 0 amide bonds. The maximum atomic E-state index is 11.0. The molecule has 16 heavy (non-hydrogen) atoms. The minimum absolute atomic E-state index is 0.0328. The molecule has 0 atom stereocenters. The Balaban J connectivity index is 3.43. The summed E-state index contributed by atoms with van der Waals surface area (Å²) in [5.74, 6) is -0.902. The molecule has 0 aliphatic carbocycles. The predicted octanol–water partition coefficient (Wildman–Crippen LogP) is 2.57. The number of hydrogen-bond acceptors (Lipinski definition) is 2. The van der Waals surface area contributed by atoms with Crippen molar-refractivity contribution >= 4 is 40.7 Å². The zero-order valence-corrected chi connectivity index (χ0v) is 10.0. The van der Waals surface area contributed by atoms with Gasteiger partial charge in [0.2, 0.25) is 0 Å². The fourth-order valence-electron chi connectivity index (χ4n) is 1.17. The summed E-state index contributed by atoms with van der Waals surface area (Å²) in [4.78, 5) is 14.9. The van der Waals surface area contributed by atoms with Gasteiger partial charge in [-0.05, 0) is 24.6 Å². The number of nitrogens with two attached hydrogens (primary N) is 1. The summed E-state index contributed by atoms with van der Waals surface area (Å²) in [7, 11) is 0. The molecule has 1 aromatic carbocycles. The SMILES string of the molecule is Cc1c(Cl)ccc(C(=O)O)c1N=C(N)CCl. The molecule has 0 bridgehead atoms. The highest BCUT2D eigenvalue weighted by Crippen LogP contribution is 2.30. The summed E-state index contributed by atoms with van der Waals surface area (Å²) in [6, 6.07) is 2.90. The quantitative estimate of drug-likeness (QED) is 0.498. The van der Waals surface area contributed by atoms with Gasteiger partial charge in [-0.2, -0.15) is 0 Å². The molecule has 0 spiro atoms. The number of hydrogen-bond donors (Lipinski definition) is 2. The molecule has 3 N–H and O–H groups in total. The minimum Gasteiger partial charge on any atom is -0.478 e. The first-order valence-electron chi connectivity index (χ1n) is 4.38. The highest BCUT2D eigenvalue weighted by atomic mass is 35.5. The number of amidine groups is 1. The lowest BCUT2D eigenvalue weighted by molar-refractivity contribution is 0.0698. The molecule has 1 aromatic rings. The average Bonchev–Trinajstić information content (AvgIpc) is 2.24. The largest absolute Gasteiger partial charge is 0.478 e. The highest BCUT2D eigenvalue weighted by molar-refractivity contribution is 6.32. The van der Waals surface area contributed by atoms with Crippen LogP contribution in [0.15, 0.2) is 17.1 Å². The lowest BCUT2D eigenvalue weighted by Gasteiger charge is -2.07. The Labute approximate surface area is 103 Å². The number of carbonyl (C=O) groups is 1. The molecule has 1 rings (SSSR count). The zero-order chi connectivity index (χ0) is 12.3. The van der Waals surface area contributed by atoms with E-state index in [9.17, 15) is 4.79 Å². The van der Waals surface area contributed by atoms with Crippen LogP contribution >= 0.6 is 23.2 Å². The van der Waals surface area contributed by atoms with E-state index in [1.807, 2.05) is 0 Å². The molecular weight excluding hydrogens is 251 g/mol. The van der Waals surface area contributed by atoms with Crippen LogP contribution in [0, 0.1) is 6.92 Å². The van der Waals surface area contributed by atoms with E-state index in [2.05, 4.69) is 4.99 Å². The van der Waals surface area contributed by atoms with Crippen LogP contribution in [0.25, 0.3) is 0 Å². The van der Waals surface area contributed by atoms with Gasteiger partial charge in [0.1, 0.15) is 5.84 Å². The van der Waals surface area contributed by atoms with Crippen LogP contribution in [0.5, 0.6) is 0 Å². The van der Waals surface area contributed by atoms with Crippen LogP contribution in [-0.4, -0.2) is 22.8 Å². The van der Waals surface area contributed by atoms with Gasteiger partial charge in [0, 0.05) is 5.02 Å². The maximum Gasteiger partial charge on any atom is 0.337 e. The summed E-state index contributed by atoms with van der Waals surface area (Å²) in [6.45, 7) is 1.68. The Morgan fingerprint density at radius 2 is 2.19 bits per heavy atom. The van der Waals surface area contributed by atoms with E-state index < -0.39 is 5.97 Å². The van der Waals surface area contributed by atoms with Gasteiger partial charge in [-0.3, -0.25) is 0 Å². The fraction of sp³-hybridized carbons (Fsp3) is 0.200. The predicted molar refractivity (Wildman–Crippen MR) is 65.2 cm³/mol. The number of aromatic carboxylic acids is 1. The van der Waals surface area contributed by atoms with E-state index in [1.165, 1.54) is 12.1 Å². The van der Waals surface area contributed by atoms with Crippen molar-refractivity contribution in [2.75, 3.05) is 5.88 Å². The van der Waals surface area contributed by atoms with Crippen LogP contribution in [0.2, 0.25) is 5.02 Å². The number of carboxylic acid groups (broad SMARTS) is 1. The molecule has 0 heterocycles. The number of aliphatic imine (C=N–C) groups is 1. The first kappa shape index (κ1) is 12.8. The van der Waals surface area contributed by atoms with Gasteiger partial charge < -0.3 is 10.8 Å². The monoisotopic (exact) mass is 260 g/mol. The van der Waals surface area contributed by atoms with Crippen molar-refractivity contribution in [2.45, 2.75) is 6.92 Å². The Bertz CT molecular complexity index is 458. The number of halogens is 2. The van der Waals surface area contributed by atoms with E-state index >= 15 is 0 Å². The lowest BCUT2D eigenvalue weighted by Crippen LogP contribution is -2.13. The normalized spacial score (nSPS) is 11.6. The van der Waals surface area contributed by atoms with Gasteiger partial charge in [0.05, 0.1) is 17.1 Å². The van der Waals surface area contributed by atoms with Gasteiger partial charge in [-0.25, -0.2) is 9.79 Å². The lowest BCUT2D eigenvalue weighted by atomic mass is 10.1. The Morgan fingerprint density at radius 3 is 2.69 bits per heavy atom. The van der Waals surface area contributed by atoms with Crippen molar-refractivity contribution < 1.29 is 9.90 Å². The van der Waals surface area contributed by atoms with E-state index in [4.69, 9.17) is 34.0 Å². The minimum atomic E-state index is -1.08. The van der Waals surface area contributed by atoms with E-state index in [0.29, 0.717) is 10.6 Å². The van der Waals surface area contributed by atoms with Gasteiger partial charge in [-0.15, -0.1) is 11.6 Å². The molecule has 4 nitrogen and oxygen atoms in total. The van der Waals surface area contributed by atoms with Crippen molar-refractivity contribution in [2.24, 2.45) is 10.7 Å². The van der Waals surface area contributed by atoms with E-state index in [-0.39, 0.29) is 23.0 Å². The highest BCUT2D eigenvalue weighted by Gasteiger charge is 2.14. The number of carboxylic acids is 1. The third-order valence-electron chi connectivity index (χ3n) is 1.99. The number of alkyl halides is 1. The average molecular weight is 261 g/mol. The molecule has 0 saturated heterocycles. The van der Waals surface area contributed by atoms with Crippen molar-refractivity contribution in [3.8, 4) is 0 Å². The van der Waals surface area contributed by atoms with Crippen molar-refractivity contribution in [1.82, 2.24) is 0 Å². The summed E-state index contributed by atoms with van der Waals surface area (Å²) in [5.41, 5.74) is 6.34. The molecule has 0 unspecified atom stereocenters. The number of rotatable bonds is 3. The summed E-state index contributed by atoms with van der Waals surface area (Å²) in [5, 5.41) is 9.42. The molecule has 0 radical (unpaired) electrons.